The summed E-state index contributed by atoms with van der Waals surface area (Å²) >= 11 is 0. The van der Waals surface area contributed by atoms with Gasteiger partial charge in [-0.05, 0) is 68.2 Å². The standard InChI is InChI=1S/C31H38N6O5/c1-7-8-13-24-32-25(26(31(5,6)40)37(24)19-42-29(39)30(2,3)4)28(38)41-18-20-14-16-21(17-15-20)22-11-9-10-12-23(22)27-33-35-36-34-27/h9-12,14-17,40H,7-8,13,18-19H2,1-6H3,(H,33,34,35,36). The number of aromatic nitrogens is 6. The molecule has 2 N–H and O–H groups in total. The summed E-state index contributed by atoms with van der Waals surface area (Å²) in [6, 6.07) is 15.4. The SMILES string of the molecule is CCCCc1nc(C(=O)OCc2ccc(-c3ccccc3-c3nnn[nH]3)cc2)c(C(C)(C)O)n1COC(=O)C(C)(C)C. The fourth-order valence-corrected chi connectivity index (χ4v) is 4.48. The number of aromatic amines is 1. The number of nitrogens with one attached hydrogen (secondary N) is 1. The number of aliphatic hydroxyl groups is 1. The van der Waals surface area contributed by atoms with Gasteiger partial charge in [-0.1, -0.05) is 61.9 Å². The van der Waals surface area contributed by atoms with Crippen LogP contribution < -0.4 is 0 Å². The lowest BCUT2D eigenvalue weighted by Gasteiger charge is -2.23. The number of aryl methyl sites for hydroxylation is 1. The zero-order valence-corrected chi connectivity index (χ0v) is 25.0. The van der Waals surface area contributed by atoms with E-state index < -0.39 is 23.0 Å². The van der Waals surface area contributed by atoms with Crippen LogP contribution in [0.4, 0.5) is 0 Å². The van der Waals surface area contributed by atoms with Gasteiger partial charge in [-0.3, -0.25) is 9.36 Å². The monoisotopic (exact) mass is 574 g/mol. The number of nitrogens with zero attached hydrogens (tertiary/aromatic N) is 5. The first-order chi connectivity index (χ1) is 19.9. The Labute approximate surface area is 245 Å². The molecule has 0 aliphatic rings. The van der Waals surface area contributed by atoms with Gasteiger partial charge >= 0.3 is 11.9 Å². The predicted molar refractivity (Wildman–Crippen MR) is 156 cm³/mol. The zero-order chi connectivity index (χ0) is 30.5. The number of hydrogen-bond donors (Lipinski definition) is 2. The molecular formula is C31H38N6O5. The van der Waals surface area contributed by atoms with E-state index in [1.54, 1.807) is 39.2 Å². The summed E-state index contributed by atoms with van der Waals surface area (Å²) in [6.07, 6.45) is 2.27. The quantitative estimate of drug-likeness (QED) is 0.231. The molecule has 0 atom stereocenters. The van der Waals surface area contributed by atoms with Crippen molar-refractivity contribution in [2.75, 3.05) is 0 Å². The van der Waals surface area contributed by atoms with Crippen LogP contribution in [0.15, 0.2) is 48.5 Å². The normalized spacial score (nSPS) is 11.9. The fourth-order valence-electron chi connectivity index (χ4n) is 4.48. The molecule has 0 amide bonds. The van der Waals surface area contributed by atoms with Crippen molar-refractivity contribution in [3.63, 3.8) is 0 Å². The summed E-state index contributed by atoms with van der Waals surface area (Å²) in [6.45, 7) is 10.3. The van der Waals surface area contributed by atoms with Crippen LogP contribution in [0.5, 0.6) is 0 Å². The van der Waals surface area contributed by atoms with Gasteiger partial charge in [-0.25, -0.2) is 14.9 Å². The van der Waals surface area contributed by atoms with E-state index >= 15 is 0 Å². The summed E-state index contributed by atoms with van der Waals surface area (Å²) in [4.78, 5) is 30.4. The minimum Gasteiger partial charge on any atom is -0.456 e. The van der Waals surface area contributed by atoms with Crippen LogP contribution in [0, 0.1) is 5.41 Å². The fraction of sp³-hybridized carbons (Fsp3) is 0.419. The number of tetrazole rings is 1. The largest absolute Gasteiger partial charge is 0.456 e. The second-order valence-electron chi connectivity index (χ2n) is 11.7. The second-order valence-corrected chi connectivity index (χ2v) is 11.7. The molecule has 42 heavy (non-hydrogen) atoms. The number of hydrogen-bond acceptors (Lipinski definition) is 9. The lowest BCUT2D eigenvalue weighted by atomic mass is 9.97. The number of benzene rings is 2. The first-order valence-electron chi connectivity index (χ1n) is 14.0. The van der Waals surface area contributed by atoms with Crippen molar-refractivity contribution in [3.05, 3.63) is 71.3 Å². The molecule has 2 heterocycles. The Bertz CT molecular complexity index is 1510. The molecule has 0 radical (unpaired) electrons. The van der Waals surface area contributed by atoms with Crippen LogP contribution in [0.3, 0.4) is 0 Å². The third kappa shape index (κ3) is 7.09. The van der Waals surface area contributed by atoms with Gasteiger partial charge in [0.25, 0.3) is 0 Å². The van der Waals surface area contributed by atoms with Crippen molar-refractivity contribution in [2.45, 2.75) is 79.7 Å². The van der Waals surface area contributed by atoms with Crippen molar-refractivity contribution < 1.29 is 24.2 Å². The number of ether oxygens (including phenoxy) is 2. The Morgan fingerprint density at radius 3 is 2.26 bits per heavy atom. The van der Waals surface area contributed by atoms with E-state index in [0.29, 0.717) is 18.1 Å². The molecule has 0 aliphatic carbocycles. The number of H-pyrrole nitrogens is 1. The number of carbonyl (C=O) groups is 2. The van der Waals surface area contributed by atoms with Crippen LogP contribution in [-0.4, -0.2) is 47.2 Å². The first-order valence-corrected chi connectivity index (χ1v) is 14.0. The van der Waals surface area contributed by atoms with Crippen LogP contribution >= 0.6 is 0 Å². The van der Waals surface area contributed by atoms with Crippen molar-refractivity contribution in [1.29, 1.82) is 0 Å². The number of imidazole rings is 1. The summed E-state index contributed by atoms with van der Waals surface area (Å²) in [5.74, 6) is 0.0507. The number of esters is 2. The minimum absolute atomic E-state index is 0.00613. The van der Waals surface area contributed by atoms with Gasteiger partial charge in [0.15, 0.2) is 18.2 Å². The molecular weight excluding hydrogens is 536 g/mol. The lowest BCUT2D eigenvalue weighted by molar-refractivity contribution is -0.157. The molecule has 0 fully saturated rings. The third-order valence-electron chi connectivity index (χ3n) is 6.67. The molecule has 0 bridgehead atoms. The van der Waals surface area contributed by atoms with Crippen molar-refractivity contribution in [1.82, 2.24) is 30.2 Å². The third-order valence-corrected chi connectivity index (χ3v) is 6.67. The maximum Gasteiger partial charge on any atom is 0.359 e. The lowest BCUT2D eigenvalue weighted by Crippen LogP contribution is -2.28. The van der Waals surface area contributed by atoms with E-state index in [9.17, 15) is 14.7 Å². The van der Waals surface area contributed by atoms with Crippen molar-refractivity contribution in [3.8, 4) is 22.5 Å². The molecule has 0 aliphatic heterocycles. The minimum atomic E-state index is -1.45. The van der Waals surface area contributed by atoms with E-state index in [0.717, 1.165) is 35.1 Å². The molecule has 4 rings (SSSR count). The molecule has 0 unspecified atom stereocenters. The van der Waals surface area contributed by atoms with E-state index in [-0.39, 0.29) is 24.7 Å². The summed E-state index contributed by atoms with van der Waals surface area (Å²) in [5, 5.41) is 25.2. The molecule has 4 aromatic rings. The van der Waals surface area contributed by atoms with Crippen LogP contribution in [0.1, 0.15) is 82.0 Å². The van der Waals surface area contributed by atoms with Gasteiger partial charge in [-0.2, -0.15) is 0 Å². The highest BCUT2D eigenvalue weighted by Gasteiger charge is 2.34. The molecule has 0 saturated carbocycles. The zero-order valence-electron chi connectivity index (χ0n) is 25.0. The Morgan fingerprint density at radius 2 is 1.67 bits per heavy atom. The second kappa shape index (κ2) is 12.6. The van der Waals surface area contributed by atoms with E-state index in [1.807, 2.05) is 55.5 Å². The molecule has 11 nitrogen and oxygen atoms in total. The van der Waals surface area contributed by atoms with Gasteiger partial charge < -0.3 is 14.6 Å². The van der Waals surface area contributed by atoms with E-state index in [1.165, 1.54) is 0 Å². The topological polar surface area (TPSA) is 145 Å². The molecule has 2 aromatic heterocycles. The molecule has 0 saturated heterocycles. The number of unbranched alkanes of at least 4 members (excludes halogenated alkanes) is 1. The van der Waals surface area contributed by atoms with Gasteiger partial charge in [0.1, 0.15) is 18.0 Å². The highest BCUT2D eigenvalue weighted by atomic mass is 16.5. The van der Waals surface area contributed by atoms with Crippen molar-refractivity contribution in [2.24, 2.45) is 5.41 Å². The van der Waals surface area contributed by atoms with Gasteiger partial charge in [0.2, 0.25) is 0 Å². The average molecular weight is 575 g/mol. The summed E-state index contributed by atoms with van der Waals surface area (Å²) in [7, 11) is 0. The maximum absolute atomic E-state index is 13.3. The van der Waals surface area contributed by atoms with Crippen LogP contribution in [-0.2, 0) is 39.6 Å². The van der Waals surface area contributed by atoms with Crippen LogP contribution in [0.2, 0.25) is 0 Å². The Morgan fingerprint density at radius 1 is 0.976 bits per heavy atom. The molecule has 2 aromatic carbocycles. The smallest absolute Gasteiger partial charge is 0.359 e. The molecule has 0 spiro atoms. The number of carbonyl (C=O) groups excluding carboxylic acids is 2. The maximum atomic E-state index is 13.3. The van der Waals surface area contributed by atoms with Gasteiger partial charge in [0.05, 0.1) is 11.1 Å². The Hall–Kier alpha value is -4.38. The summed E-state index contributed by atoms with van der Waals surface area (Å²) in [5.41, 5.74) is 1.64. The van der Waals surface area contributed by atoms with E-state index in [2.05, 4.69) is 25.6 Å². The average Bonchev–Trinajstić information content (AvgIpc) is 3.62. The highest BCUT2D eigenvalue weighted by Crippen LogP contribution is 2.31. The Kier molecular flexibility index (Phi) is 9.20. The van der Waals surface area contributed by atoms with Crippen molar-refractivity contribution >= 4 is 11.9 Å². The molecule has 222 valence electrons. The van der Waals surface area contributed by atoms with Crippen LogP contribution in [0.25, 0.3) is 22.5 Å². The molecule has 11 heteroatoms. The number of rotatable bonds is 11. The van der Waals surface area contributed by atoms with Gasteiger partial charge in [0, 0.05) is 12.0 Å². The van der Waals surface area contributed by atoms with E-state index in [4.69, 9.17) is 9.47 Å². The Balaban J connectivity index is 1.55. The summed E-state index contributed by atoms with van der Waals surface area (Å²) < 4.78 is 12.8. The first kappa shape index (κ1) is 30.6. The predicted octanol–water partition coefficient (Wildman–Crippen LogP) is 5.20. The van der Waals surface area contributed by atoms with Gasteiger partial charge in [-0.15, -0.1) is 5.10 Å². The highest BCUT2D eigenvalue weighted by molar-refractivity contribution is 5.89.